The van der Waals surface area contributed by atoms with Crippen LogP contribution in [-0.4, -0.2) is 4.99 Å². The van der Waals surface area contributed by atoms with E-state index in [0.717, 1.165) is 0 Å². The summed E-state index contributed by atoms with van der Waals surface area (Å²) < 4.78 is 26.8. The number of hydrogen-bond donors (Lipinski definition) is 2. The van der Waals surface area contributed by atoms with E-state index in [-0.39, 0.29) is 10.6 Å². The molecule has 3 N–H and O–H groups in total. The zero-order valence-corrected chi connectivity index (χ0v) is 11.2. The van der Waals surface area contributed by atoms with Gasteiger partial charge < -0.3 is 11.1 Å². The van der Waals surface area contributed by atoms with Crippen LogP contribution in [0.5, 0.6) is 0 Å². The van der Waals surface area contributed by atoms with E-state index in [1.165, 1.54) is 30.3 Å². The van der Waals surface area contributed by atoms with Gasteiger partial charge in [0.05, 0.1) is 22.0 Å². The van der Waals surface area contributed by atoms with E-state index in [1.54, 1.807) is 6.07 Å². The summed E-state index contributed by atoms with van der Waals surface area (Å²) in [4.78, 5) is -0.0897. The Morgan fingerprint density at radius 2 is 1.89 bits per heavy atom. The molecule has 0 atom stereocenters. The molecule has 2 aromatic carbocycles. The van der Waals surface area contributed by atoms with Crippen molar-refractivity contribution in [3.05, 3.63) is 58.6 Å². The first kappa shape index (κ1) is 13.7. The topological polar surface area (TPSA) is 38.0 Å². The second-order valence-corrected chi connectivity index (χ2v) is 4.62. The van der Waals surface area contributed by atoms with E-state index in [4.69, 9.17) is 29.6 Å². The summed E-state index contributed by atoms with van der Waals surface area (Å²) >= 11 is 10.7. The lowest BCUT2D eigenvalue weighted by Crippen LogP contribution is -2.14. The first-order chi connectivity index (χ1) is 8.99. The molecule has 6 heteroatoms. The molecule has 2 aromatic rings. The molecule has 0 spiro atoms. The van der Waals surface area contributed by atoms with Gasteiger partial charge >= 0.3 is 0 Å². The van der Waals surface area contributed by atoms with Crippen LogP contribution < -0.4 is 11.1 Å². The minimum atomic E-state index is -0.551. The third kappa shape index (κ3) is 3.00. The first-order valence-corrected chi connectivity index (χ1v) is 6.08. The number of thiocarbonyl (C=S) groups is 1. The van der Waals surface area contributed by atoms with Crippen LogP contribution in [-0.2, 0) is 0 Å². The molecule has 0 bridgehead atoms. The van der Waals surface area contributed by atoms with Gasteiger partial charge in [0.1, 0.15) is 16.6 Å². The highest BCUT2D eigenvalue weighted by Gasteiger charge is 2.12. The van der Waals surface area contributed by atoms with Crippen molar-refractivity contribution >= 4 is 40.2 Å². The van der Waals surface area contributed by atoms with E-state index >= 15 is 0 Å². The Bertz CT molecular complexity index is 647. The van der Waals surface area contributed by atoms with E-state index in [1.807, 2.05) is 0 Å². The van der Waals surface area contributed by atoms with Gasteiger partial charge in [0.2, 0.25) is 0 Å². The van der Waals surface area contributed by atoms with Gasteiger partial charge in [0.25, 0.3) is 0 Å². The summed E-state index contributed by atoms with van der Waals surface area (Å²) in [5.74, 6) is -1.01. The monoisotopic (exact) mass is 298 g/mol. The summed E-state index contributed by atoms with van der Waals surface area (Å²) in [7, 11) is 0. The average Bonchev–Trinajstić information content (AvgIpc) is 2.33. The molecule has 2 rings (SSSR count). The zero-order valence-electron chi connectivity index (χ0n) is 9.58. The third-order valence-electron chi connectivity index (χ3n) is 2.46. The number of nitrogens with one attached hydrogen (secondary N) is 1. The molecule has 19 heavy (non-hydrogen) atoms. The second-order valence-electron chi connectivity index (χ2n) is 3.78. The van der Waals surface area contributed by atoms with Crippen molar-refractivity contribution < 1.29 is 8.78 Å². The van der Waals surface area contributed by atoms with Gasteiger partial charge in [0.15, 0.2) is 0 Å². The molecule has 2 nitrogen and oxygen atoms in total. The lowest BCUT2D eigenvalue weighted by Gasteiger charge is -2.13. The number of rotatable bonds is 3. The fraction of sp³-hybridized carbons (Fsp3) is 0. The van der Waals surface area contributed by atoms with E-state index < -0.39 is 11.6 Å². The molecule has 0 radical (unpaired) electrons. The molecule has 0 heterocycles. The second kappa shape index (κ2) is 5.50. The van der Waals surface area contributed by atoms with Crippen LogP contribution in [0.25, 0.3) is 0 Å². The van der Waals surface area contributed by atoms with Gasteiger partial charge in [-0.3, -0.25) is 0 Å². The van der Waals surface area contributed by atoms with Gasteiger partial charge in [-0.25, -0.2) is 8.78 Å². The van der Waals surface area contributed by atoms with Crippen LogP contribution in [0.4, 0.5) is 20.2 Å². The fourth-order valence-corrected chi connectivity index (χ4v) is 1.99. The van der Waals surface area contributed by atoms with Crippen molar-refractivity contribution in [3.63, 3.8) is 0 Å². The maximum atomic E-state index is 13.7. The highest BCUT2D eigenvalue weighted by atomic mass is 35.5. The molecule has 0 aliphatic carbocycles. The Morgan fingerprint density at radius 3 is 2.58 bits per heavy atom. The van der Waals surface area contributed by atoms with Gasteiger partial charge in [-0.1, -0.05) is 29.9 Å². The van der Waals surface area contributed by atoms with E-state index in [0.29, 0.717) is 16.4 Å². The average molecular weight is 299 g/mol. The maximum absolute atomic E-state index is 13.7. The molecule has 0 fully saturated rings. The number of nitrogens with two attached hydrogens (primary N) is 1. The van der Waals surface area contributed by atoms with Gasteiger partial charge in [-0.2, -0.15) is 0 Å². The molecule has 0 amide bonds. The quantitative estimate of drug-likeness (QED) is 0.841. The lowest BCUT2D eigenvalue weighted by atomic mass is 10.1. The fourth-order valence-electron chi connectivity index (χ4n) is 1.62. The van der Waals surface area contributed by atoms with E-state index in [9.17, 15) is 8.78 Å². The summed E-state index contributed by atoms with van der Waals surface area (Å²) in [5, 5.41) is 3.13. The molecular formula is C13H9ClF2N2S. The summed E-state index contributed by atoms with van der Waals surface area (Å²) in [6.45, 7) is 0. The first-order valence-electron chi connectivity index (χ1n) is 5.29. The Balaban J connectivity index is 2.46. The van der Waals surface area contributed by atoms with E-state index in [2.05, 4.69) is 5.32 Å². The number of benzene rings is 2. The molecule has 0 saturated carbocycles. The number of anilines is 2. The Morgan fingerprint density at radius 1 is 1.16 bits per heavy atom. The largest absolute Gasteiger partial charge is 0.389 e. The molecule has 0 aliphatic rings. The number of halogens is 3. The predicted molar refractivity (Wildman–Crippen MR) is 77.0 cm³/mol. The normalized spacial score (nSPS) is 10.3. The minimum Gasteiger partial charge on any atom is -0.389 e. The molecule has 98 valence electrons. The standard InChI is InChI=1S/C13H9ClF2N2S/c14-8-5-4-7(15)6-11(8)18-10-3-1-2-9(16)12(10)13(17)19/h1-6,18H,(H2,17,19). The van der Waals surface area contributed by atoms with Crippen LogP contribution in [0.1, 0.15) is 5.56 Å². The van der Waals surface area contributed by atoms with Crippen molar-refractivity contribution in [2.24, 2.45) is 5.73 Å². The van der Waals surface area contributed by atoms with Crippen LogP contribution in [0.2, 0.25) is 5.02 Å². The summed E-state index contributed by atoms with van der Waals surface area (Å²) in [6.07, 6.45) is 0. The molecule has 0 saturated heterocycles. The Hall–Kier alpha value is -1.72. The Kier molecular flexibility index (Phi) is 3.97. The minimum absolute atomic E-state index is 0.0674. The van der Waals surface area contributed by atoms with Crippen molar-refractivity contribution in [1.82, 2.24) is 0 Å². The maximum Gasteiger partial charge on any atom is 0.135 e. The molecule has 0 aromatic heterocycles. The zero-order chi connectivity index (χ0) is 14.0. The molecular weight excluding hydrogens is 290 g/mol. The third-order valence-corrected chi connectivity index (χ3v) is 2.99. The lowest BCUT2D eigenvalue weighted by molar-refractivity contribution is 0.626. The van der Waals surface area contributed by atoms with Crippen LogP contribution >= 0.6 is 23.8 Å². The highest BCUT2D eigenvalue weighted by Crippen LogP contribution is 2.28. The predicted octanol–water partition coefficient (Wildman–Crippen LogP) is 4.00. The van der Waals surface area contributed by atoms with Crippen LogP contribution in [0.15, 0.2) is 36.4 Å². The summed E-state index contributed by atoms with van der Waals surface area (Å²) in [5.41, 5.74) is 6.19. The van der Waals surface area contributed by atoms with Crippen molar-refractivity contribution in [1.29, 1.82) is 0 Å². The van der Waals surface area contributed by atoms with Crippen molar-refractivity contribution in [3.8, 4) is 0 Å². The summed E-state index contributed by atoms with van der Waals surface area (Å²) in [6, 6.07) is 8.15. The Labute approximate surface area is 119 Å². The van der Waals surface area contributed by atoms with Gasteiger partial charge in [-0.15, -0.1) is 0 Å². The molecule has 0 aliphatic heterocycles. The van der Waals surface area contributed by atoms with Crippen LogP contribution in [0, 0.1) is 11.6 Å². The SMILES string of the molecule is NC(=S)c1c(F)cccc1Nc1cc(F)ccc1Cl. The molecule has 0 unspecified atom stereocenters. The van der Waals surface area contributed by atoms with Crippen molar-refractivity contribution in [2.45, 2.75) is 0 Å². The van der Waals surface area contributed by atoms with Crippen molar-refractivity contribution in [2.75, 3.05) is 5.32 Å². The van der Waals surface area contributed by atoms with Gasteiger partial charge in [-0.05, 0) is 30.3 Å². The number of hydrogen-bond acceptors (Lipinski definition) is 2. The van der Waals surface area contributed by atoms with Gasteiger partial charge in [0, 0.05) is 0 Å². The smallest absolute Gasteiger partial charge is 0.135 e. The van der Waals surface area contributed by atoms with Crippen LogP contribution in [0.3, 0.4) is 0 Å². The highest BCUT2D eigenvalue weighted by molar-refractivity contribution is 7.80.